The minimum atomic E-state index is 0.908. The Bertz CT molecular complexity index is 1870. The van der Waals surface area contributed by atoms with Crippen molar-refractivity contribution in [1.29, 1.82) is 0 Å². The quantitative estimate of drug-likeness (QED) is 0.145. The molecule has 6 aromatic rings. The molecule has 1 nitrogen and oxygen atoms in total. The highest BCUT2D eigenvalue weighted by atomic mass is 32.2. The molecule has 232 valence electrons. The van der Waals surface area contributed by atoms with E-state index in [1.807, 2.05) is 11.8 Å². The summed E-state index contributed by atoms with van der Waals surface area (Å²) in [6, 6.07) is 56.0. The highest BCUT2D eigenvalue weighted by molar-refractivity contribution is 7.99. The Balaban J connectivity index is 1.15. The van der Waals surface area contributed by atoms with Crippen molar-refractivity contribution in [3.63, 3.8) is 0 Å². The Labute approximate surface area is 288 Å². The highest BCUT2D eigenvalue weighted by Crippen LogP contribution is 2.48. The zero-order valence-electron chi connectivity index (χ0n) is 27.0. The van der Waals surface area contributed by atoms with E-state index < -0.39 is 0 Å². The molecule has 0 atom stereocenters. The first kappa shape index (κ1) is 31.1. The number of rotatable bonds is 9. The van der Waals surface area contributed by atoms with E-state index in [-0.39, 0.29) is 0 Å². The van der Waals surface area contributed by atoms with E-state index >= 15 is 0 Å². The van der Waals surface area contributed by atoms with Gasteiger partial charge < -0.3 is 4.90 Å². The third kappa shape index (κ3) is 7.05. The van der Waals surface area contributed by atoms with Gasteiger partial charge in [-0.25, -0.2) is 0 Å². The van der Waals surface area contributed by atoms with Gasteiger partial charge in [-0.05, 0) is 75.7 Å². The fourth-order valence-electron chi connectivity index (χ4n) is 6.17. The van der Waals surface area contributed by atoms with Crippen LogP contribution in [-0.4, -0.2) is 6.54 Å². The summed E-state index contributed by atoms with van der Waals surface area (Å²) in [5, 5.41) is 0. The lowest BCUT2D eigenvalue weighted by molar-refractivity contribution is 0.978. The SMILES string of the molecule is CCN1c2ccc(C=CC=C(c3ccccc3)c3ccccc3)cc2Sc2cc(C=CC=C(c3ccccc3)c3ccccc3)ccc21. The maximum absolute atomic E-state index is 2.42. The molecule has 0 radical (unpaired) electrons. The van der Waals surface area contributed by atoms with Crippen molar-refractivity contribution in [2.75, 3.05) is 11.4 Å². The maximum atomic E-state index is 2.42. The zero-order chi connectivity index (χ0) is 32.5. The number of hydrogen-bond donors (Lipinski definition) is 0. The second-order valence-electron chi connectivity index (χ2n) is 11.6. The Kier molecular flexibility index (Phi) is 9.63. The van der Waals surface area contributed by atoms with E-state index in [9.17, 15) is 0 Å². The summed E-state index contributed by atoms with van der Waals surface area (Å²) < 4.78 is 0. The molecule has 2 heteroatoms. The lowest BCUT2D eigenvalue weighted by atomic mass is 9.97. The van der Waals surface area contributed by atoms with Crippen molar-refractivity contribution >= 4 is 46.4 Å². The molecule has 0 saturated heterocycles. The Morgan fingerprint density at radius 3 is 1.17 bits per heavy atom. The number of benzene rings is 6. The summed E-state index contributed by atoms with van der Waals surface area (Å²) >= 11 is 1.86. The summed E-state index contributed by atoms with van der Waals surface area (Å²) in [5.41, 5.74) is 12.2. The first-order valence-electron chi connectivity index (χ1n) is 16.5. The van der Waals surface area contributed by atoms with Crippen molar-refractivity contribution in [3.8, 4) is 0 Å². The van der Waals surface area contributed by atoms with Crippen LogP contribution in [0.25, 0.3) is 23.3 Å². The molecule has 0 fully saturated rings. The van der Waals surface area contributed by atoms with E-state index in [1.54, 1.807) is 0 Å². The van der Waals surface area contributed by atoms with E-state index in [4.69, 9.17) is 0 Å². The first-order valence-corrected chi connectivity index (χ1v) is 17.3. The summed E-state index contributed by atoms with van der Waals surface area (Å²) in [7, 11) is 0. The summed E-state index contributed by atoms with van der Waals surface area (Å²) in [6.07, 6.45) is 13.2. The summed E-state index contributed by atoms with van der Waals surface area (Å²) in [6.45, 7) is 3.13. The molecule has 1 aliphatic heterocycles. The van der Waals surface area contributed by atoms with Crippen molar-refractivity contribution in [2.24, 2.45) is 0 Å². The molecule has 0 aliphatic carbocycles. The second-order valence-corrected chi connectivity index (χ2v) is 12.7. The zero-order valence-corrected chi connectivity index (χ0v) is 27.9. The van der Waals surface area contributed by atoms with Gasteiger partial charge in [0.1, 0.15) is 0 Å². The smallest absolute Gasteiger partial charge is 0.0553 e. The lowest BCUT2D eigenvalue weighted by Crippen LogP contribution is -2.20. The predicted octanol–water partition coefficient (Wildman–Crippen LogP) is 12.6. The number of allylic oxidation sites excluding steroid dienone is 4. The molecule has 0 N–H and O–H groups in total. The van der Waals surface area contributed by atoms with Crippen LogP contribution in [0, 0.1) is 0 Å². The molecule has 48 heavy (non-hydrogen) atoms. The van der Waals surface area contributed by atoms with E-state index in [0.29, 0.717) is 0 Å². The minimum Gasteiger partial charge on any atom is -0.340 e. The molecule has 6 aromatic carbocycles. The van der Waals surface area contributed by atoms with Gasteiger partial charge in [0.2, 0.25) is 0 Å². The largest absolute Gasteiger partial charge is 0.340 e. The normalized spacial score (nSPS) is 12.1. The van der Waals surface area contributed by atoms with Crippen molar-refractivity contribution < 1.29 is 0 Å². The predicted molar refractivity (Wildman–Crippen MR) is 208 cm³/mol. The number of fused-ring (bicyclic) bond motifs is 2. The van der Waals surface area contributed by atoms with Gasteiger partial charge in [0, 0.05) is 16.3 Å². The van der Waals surface area contributed by atoms with Gasteiger partial charge in [-0.3, -0.25) is 0 Å². The van der Waals surface area contributed by atoms with Gasteiger partial charge in [-0.2, -0.15) is 0 Å². The third-order valence-electron chi connectivity index (χ3n) is 8.53. The Hall–Kier alpha value is -5.57. The van der Waals surface area contributed by atoms with Crippen LogP contribution in [0.4, 0.5) is 11.4 Å². The molecule has 7 rings (SSSR count). The summed E-state index contributed by atoms with van der Waals surface area (Å²) in [5.74, 6) is 0. The molecule has 0 aromatic heterocycles. The van der Waals surface area contributed by atoms with Gasteiger partial charge in [-0.1, -0.05) is 182 Å². The van der Waals surface area contributed by atoms with E-state index in [1.165, 1.54) is 65.7 Å². The van der Waals surface area contributed by atoms with Crippen LogP contribution < -0.4 is 4.90 Å². The van der Waals surface area contributed by atoms with E-state index in [2.05, 4.69) is 206 Å². The highest BCUT2D eigenvalue weighted by Gasteiger charge is 2.22. The minimum absolute atomic E-state index is 0.908. The van der Waals surface area contributed by atoms with Crippen LogP contribution in [0.5, 0.6) is 0 Å². The number of anilines is 2. The fraction of sp³-hybridized carbons (Fsp3) is 0.0435. The number of hydrogen-bond acceptors (Lipinski definition) is 2. The fourth-order valence-corrected chi connectivity index (χ4v) is 7.36. The molecule has 1 heterocycles. The van der Waals surface area contributed by atoms with Gasteiger partial charge >= 0.3 is 0 Å². The average molecular weight is 636 g/mol. The van der Waals surface area contributed by atoms with Crippen molar-refractivity contribution in [1.82, 2.24) is 0 Å². The average Bonchev–Trinajstić information content (AvgIpc) is 3.15. The van der Waals surface area contributed by atoms with Crippen LogP contribution in [0.3, 0.4) is 0 Å². The molecule has 0 unspecified atom stereocenters. The molecule has 0 spiro atoms. The van der Waals surface area contributed by atoms with Crippen LogP contribution in [0.2, 0.25) is 0 Å². The van der Waals surface area contributed by atoms with Gasteiger partial charge in [-0.15, -0.1) is 0 Å². The Morgan fingerprint density at radius 2 is 0.833 bits per heavy atom. The van der Waals surface area contributed by atoms with Crippen LogP contribution in [0.1, 0.15) is 40.3 Å². The molecular weight excluding hydrogens is 599 g/mol. The Morgan fingerprint density at radius 1 is 0.479 bits per heavy atom. The van der Waals surface area contributed by atoms with Gasteiger partial charge in [0.15, 0.2) is 0 Å². The lowest BCUT2D eigenvalue weighted by Gasteiger charge is -2.32. The maximum Gasteiger partial charge on any atom is 0.0553 e. The van der Waals surface area contributed by atoms with E-state index in [0.717, 1.165) is 6.54 Å². The molecule has 0 amide bonds. The van der Waals surface area contributed by atoms with Gasteiger partial charge in [0.25, 0.3) is 0 Å². The molecule has 0 bridgehead atoms. The number of nitrogens with zero attached hydrogens (tertiary/aromatic N) is 1. The monoisotopic (exact) mass is 635 g/mol. The van der Waals surface area contributed by atoms with Gasteiger partial charge in [0.05, 0.1) is 11.4 Å². The van der Waals surface area contributed by atoms with Crippen LogP contribution >= 0.6 is 11.8 Å². The van der Waals surface area contributed by atoms with Crippen LogP contribution in [0.15, 0.2) is 192 Å². The summed E-state index contributed by atoms with van der Waals surface area (Å²) in [4.78, 5) is 4.98. The topological polar surface area (TPSA) is 3.24 Å². The molecular formula is C46H37NS. The van der Waals surface area contributed by atoms with Crippen LogP contribution in [-0.2, 0) is 0 Å². The van der Waals surface area contributed by atoms with Crippen molar-refractivity contribution in [2.45, 2.75) is 16.7 Å². The molecule has 0 saturated carbocycles. The third-order valence-corrected chi connectivity index (χ3v) is 9.62. The molecule has 1 aliphatic rings. The standard InChI is InChI=1S/C46H37NS/c1-2-47-43-31-29-35(17-15-27-41(37-19-7-3-8-20-37)38-21-9-4-10-22-38)33-45(43)48-46-34-36(30-32-44(46)47)18-16-28-42(39-23-11-5-12-24-39)40-25-13-6-14-26-40/h3-34H,2H2,1H3. The second kappa shape index (κ2) is 14.9. The first-order chi connectivity index (χ1) is 23.8. The van der Waals surface area contributed by atoms with Crippen molar-refractivity contribution in [3.05, 3.63) is 215 Å².